The highest BCUT2D eigenvalue weighted by atomic mass is 32.2. The lowest BCUT2D eigenvalue weighted by molar-refractivity contribution is -0.131. The molecule has 25 heavy (non-hydrogen) atoms. The van der Waals surface area contributed by atoms with E-state index >= 15 is 0 Å². The van der Waals surface area contributed by atoms with E-state index in [0.29, 0.717) is 51.4 Å². The first-order chi connectivity index (χ1) is 11.9. The summed E-state index contributed by atoms with van der Waals surface area (Å²) in [4.78, 5) is 14.0. The minimum Gasteiger partial charge on any atom is -0.341 e. The van der Waals surface area contributed by atoms with E-state index in [1.54, 1.807) is 4.31 Å². The highest BCUT2D eigenvalue weighted by Crippen LogP contribution is 2.13. The van der Waals surface area contributed by atoms with Crippen molar-refractivity contribution in [3.05, 3.63) is 35.9 Å². The topological polar surface area (TPSA) is 57.7 Å². The largest absolute Gasteiger partial charge is 0.341 e. The molecule has 6 heteroatoms. The van der Waals surface area contributed by atoms with E-state index in [1.165, 1.54) is 5.56 Å². The first-order valence-corrected chi connectivity index (χ1v) is 10.8. The highest BCUT2D eigenvalue weighted by molar-refractivity contribution is 7.89. The Bertz CT molecular complexity index is 644. The molecule has 0 N–H and O–H groups in total. The number of carbonyl (C=O) groups excluding carboxylic acids is 1. The quantitative estimate of drug-likeness (QED) is 0.745. The van der Waals surface area contributed by atoms with Crippen LogP contribution < -0.4 is 0 Å². The number of hydrogen-bond donors (Lipinski definition) is 0. The van der Waals surface area contributed by atoms with Crippen molar-refractivity contribution in [3.63, 3.8) is 0 Å². The van der Waals surface area contributed by atoms with Gasteiger partial charge < -0.3 is 4.90 Å². The first-order valence-electron chi connectivity index (χ1n) is 9.18. The summed E-state index contributed by atoms with van der Waals surface area (Å²) in [6.07, 6.45) is 2.64. The molecule has 0 spiro atoms. The van der Waals surface area contributed by atoms with E-state index < -0.39 is 10.0 Å². The van der Waals surface area contributed by atoms with Gasteiger partial charge >= 0.3 is 0 Å². The van der Waals surface area contributed by atoms with Crippen LogP contribution in [0.2, 0.25) is 0 Å². The van der Waals surface area contributed by atoms with Crippen LogP contribution in [0.3, 0.4) is 0 Å². The normalized spacial score (nSPS) is 16.8. The predicted octanol–water partition coefficient (Wildman–Crippen LogP) is 2.53. The fourth-order valence-corrected chi connectivity index (χ4v) is 4.67. The van der Waals surface area contributed by atoms with Crippen molar-refractivity contribution >= 4 is 15.9 Å². The average molecular weight is 367 g/mol. The molecule has 0 aromatic heterocycles. The van der Waals surface area contributed by atoms with E-state index in [9.17, 15) is 13.2 Å². The molecule has 1 fully saturated rings. The number of nitrogens with zero attached hydrogens (tertiary/aromatic N) is 2. The second-order valence-corrected chi connectivity index (χ2v) is 9.22. The van der Waals surface area contributed by atoms with Crippen molar-refractivity contribution < 1.29 is 13.2 Å². The number of benzene rings is 1. The van der Waals surface area contributed by atoms with Gasteiger partial charge in [-0.1, -0.05) is 44.2 Å². The molecule has 1 aliphatic rings. The lowest BCUT2D eigenvalue weighted by Crippen LogP contribution is -2.38. The average Bonchev–Trinajstić information content (AvgIpc) is 2.82. The van der Waals surface area contributed by atoms with Crippen molar-refractivity contribution in [3.8, 4) is 0 Å². The Hall–Kier alpha value is -1.40. The number of amides is 1. The van der Waals surface area contributed by atoms with Crippen LogP contribution in [0.5, 0.6) is 0 Å². The summed E-state index contributed by atoms with van der Waals surface area (Å²) >= 11 is 0. The van der Waals surface area contributed by atoms with Crippen LogP contribution in [-0.4, -0.2) is 55.5 Å². The van der Waals surface area contributed by atoms with Gasteiger partial charge in [-0.25, -0.2) is 12.7 Å². The minimum absolute atomic E-state index is 0.137. The molecule has 2 rings (SSSR count). The Morgan fingerprint density at radius 2 is 1.80 bits per heavy atom. The number of carbonyl (C=O) groups is 1. The molecule has 0 radical (unpaired) electrons. The van der Waals surface area contributed by atoms with Gasteiger partial charge in [0.15, 0.2) is 0 Å². The molecule has 0 atom stereocenters. The van der Waals surface area contributed by atoms with Crippen LogP contribution in [0.15, 0.2) is 30.3 Å². The van der Waals surface area contributed by atoms with Crippen molar-refractivity contribution in [1.82, 2.24) is 9.21 Å². The van der Waals surface area contributed by atoms with Crippen LogP contribution in [0, 0.1) is 5.92 Å². The monoisotopic (exact) mass is 366 g/mol. The van der Waals surface area contributed by atoms with Gasteiger partial charge in [0, 0.05) is 32.6 Å². The summed E-state index contributed by atoms with van der Waals surface area (Å²) < 4.78 is 26.8. The summed E-state index contributed by atoms with van der Waals surface area (Å²) in [5, 5.41) is 0. The fraction of sp³-hybridized carbons (Fsp3) is 0.632. The Balaban J connectivity index is 1.84. The molecule has 0 aliphatic carbocycles. The molecule has 1 heterocycles. The van der Waals surface area contributed by atoms with Gasteiger partial charge in [0.1, 0.15) is 0 Å². The van der Waals surface area contributed by atoms with E-state index in [1.807, 2.05) is 49.1 Å². The van der Waals surface area contributed by atoms with E-state index in [2.05, 4.69) is 0 Å². The van der Waals surface area contributed by atoms with E-state index in [0.717, 1.165) is 6.42 Å². The smallest absolute Gasteiger partial charge is 0.222 e. The Morgan fingerprint density at radius 1 is 1.08 bits per heavy atom. The number of aryl methyl sites for hydroxylation is 1. The van der Waals surface area contributed by atoms with Gasteiger partial charge in [-0.05, 0) is 30.7 Å². The zero-order valence-corrected chi connectivity index (χ0v) is 16.2. The second-order valence-electron chi connectivity index (χ2n) is 7.14. The van der Waals surface area contributed by atoms with Crippen molar-refractivity contribution in [2.45, 2.75) is 39.5 Å². The summed E-state index contributed by atoms with van der Waals surface area (Å²) in [6.45, 7) is 6.14. The third kappa shape index (κ3) is 6.44. The maximum absolute atomic E-state index is 12.6. The SMILES string of the molecule is CC(C)CC(=O)N1CCCN(S(=O)(=O)CCCc2ccccc2)CC1. The van der Waals surface area contributed by atoms with Crippen LogP contribution in [0.4, 0.5) is 0 Å². The van der Waals surface area contributed by atoms with E-state index in [4.69, 9.17) is 0 Å². The summed E-state index contributed by atoms with van der Waals surface area (Å²) in [5.74, 6) is 0.633. The standard InChI is InChI=1S/C19H30N2O3S/c1-17(2)16-19(22)20-11-7-12-21(14-13-20)25(23,24)15-6-10-18-8-4-3-5-9-18/h3-5,8-9,17H,6-7,10-16H2,1-2H3. The van der Waals surface area contributed by atoms with Crippen LogP contribution in [-0.2, 0) is 21.2 Å². The molecule has 1 aromatic carbocycles. The Morgan fingerprint density at radius 3 is 2.48 bits per heavy atom. The zero-order chi connectivity index (χ0) is 18.3. The Labute approximate surface area is 152 Å². The summed E-state index contributed by atoms with van der Waals surface area (Å²) in [6, 6.07) is 9.96. The molecular formula is C19H30N2O3S. The highest BCUT2D eigenvalue weighted by Gasteiger charge is 2.26. The number of rotatable bonds is 7. The first kappa shape index (κ1) is 19.9. The van der Waals surface area contributed by atoms with Crippen molar-refractivity contribution in [2.75, 3.05) is 31.9 Å². The maximum atomic E-state index is 12.6. The van der Waals surface area contributed by atoms with Gasteiger partial charge in [0.2, 0.25) is 15.9 Å². The molecule has 1 amide bonds. The van der Waals surface area contributed by atoms with Crippen molar-refractivity contribution in [1.29, 1.82) is 0 Å². The lowest BCUT2D eigenvalue weighted by atomic mass is 10.1. The number of hydrogen-bond acceptors (Lipinski definition) is 3. The van der Waals surface area contributed by atoms with Gasteiger partial charge in [-0.2, -0.15) is 0 Å². The van der Waals surface area contributed by atoms with E-state index in [-0.39, 0.29) is 11.7 Å². The minimum atomic E-state index is -3.25. The molecule has 0 unspecified atom stereocenters. The molecular weight excluding hydrogens is 336 g/mol. The third-order valence-corrected chi connectivity index (χ3v) is 6.45. The lowest BCUT2D eigenvalue weighted by Gasteiger charge is -2.22. The molecule has 0 saturated carbocycles. The summed E-state index contributed by atoms with van der Waals surface area (Å²) in [5.41, 5.74) is 1.17. The molecule has 1 aromatic rings. The van der Waals surface area contributed by atoms with Crippen molar-refractivity contribution in [2.24, 2.45) is 5.92 Å². The van der Waals surface area contributed by atoms with Crippen LogP contribution in [0.25, 0.3) is 0 Å². The third-order valence-electron chi connectivity index (χ3n) is 4.49. The second kappa shape index (κ2) is 9.34. The van der Waals surface area contributed by atoms with Gasteiger partial charge in [0.05, 0.1) is 5.75 Å². The summed E-state index contributed by atoms with van der Waals surface area (Å²) in [7, 11) is -3.25. The molecule has 140 valence electrons. The van der Waals surface area contributed by atoms with Gasteiger partial charge in [-0.15, -0.1) is 0 Å². The molecule has 5 nitrogen and oxygen atoms in total. The molecule has 0 bridgehead atoms. The van der Waals surface area contributed by atoms with Crippen LogP contribution in [0.1, 0.15) is 38.7 Å². The molecule has 1 saturated heterocycles. The van der Waals surface area contributed by atoms with Gasteiger partial charge in [0.25, 0.3) is 0 Å². The number of sulfonamides is 1. The fourth-order valence-electron chi connectivity index (χ4n) is 3.13. The maximum Gasteiger partial charge on any atom is 0.222 e. The predicted molar refractivity (Wildman–Crippen MR) is 101 cm³/mol. The van der Waals surface area contributed by atoms with Crippen LogP contribution >= 0.6 is 0 Å². The molecule has 1 aliphatic heterocycles. The Kier molecular flexibility index (Phi) is 7.44. The zero-order valence-electron chi connectivity index (χ0n) is 15.4. The van der Waals surface area contributed by atoms with Gasteiger partial charge in [-0.3, -0.25) is 4.79 Å².